The summed E-state index contributed by atoms with van der Waals surface area (Å²) in [5.74, 6) is -1.98. The van der Waals surface area contributed by atoms with E-state index in [9.17, 15) is 13.6 Å². The number of rotatable bonds is 3. The largest absolute Gasteiger partial charge is 0.465 e. The molecule has 0 saturated carbocycles. The van der Waals surface area contributed by atoms with Gasteiger partial charge in [-0.25, -0.2) is 13.6 Å². The van der Waals surface area contributed by atoms with Gasteiger partial charge in [-0.2, -0.15) is 0 Å². The van der Waals surface area contributed by atoms with Crippen LogP contribution in [0.25, 0.3) is 0 Å². The third-order valence-corrected chi connectivity index (χ3v) is 3.36. The lowest BCUT2D eigenvalue weighted by Gasteiger charge is -2.12. The molecule has 0 bridgehead atoms. The van der Waals surface area contributed by atoms with Gasteiger partial charge in [0, 0.05) is 6.07 Å². The van der Waals surface area contributed by atoms with Crippen LogP contribution in [0.15, 0.2) is 34.8 Å². The fourth-order valence-corrected chi connectivity index (χ4v) is 2.03. The second-order valence-electron chi connectivity index (χ2n) is 4.16. The molecule has 0 aromatic heterocycles. The van der Waals surface area contributed by atoms with E-state index in [1.165, 1.54) is 31.4 Å². The van der Waals surface area contributed by atoms with Crippen LogP contribution >= 0.6 is 15.9 Å². The molecule has 0 amide bonds. The lowest BCUT2D eigenvalue weighted by molar-refractivity contribution is 0.0601. The van der Waals surface area contributed by atoms with Crippen LogP contribution in [0, 0.1) is 11.6 Å². The van der Waals surface area contributed by atoms with Crippen LogP contribution in [-0.2, 0) is 4.74 Å². The maximum atomic E-state index is 13.7. The molecule has 4 nitrogen and oxygen atoms in total. The molecule has 0 aliphatic heterocycles. The molecule has 7 heteroatoms. The Morgan fingerprint density at radius 1 is 1.19 bits per heavy atom. The van der Waals surface area contributed by atoms with Gasteiger partial charge in [0.2, 0.25) is 0 Å². The summed E-state index contributed by atoms with van der Waals surface area (Å²) in [5, 5.41) is 2.74. The number of hydrogen-bond donors (Lipinski definition) is 2. The smallest absolute Gasteiger partial charge is 0.337 e. The van der Waals surface area contributed by atoms with E-state index in [0.29, 0.717) is 5.69 Å². The molecule has 2 aromatic rings. The van der Waals surface area contributed by atoms with Crippen molar-refractivity contribution < 1.29 is 18.3 Å². The van der Waals surface area contributed by atoms with Crippen LogP contribution < -0.4 is 11.1 Å². The summed E-state index contributed by atoms with van der Waals surface area (Å²) in [7, 11) is 1.26. The molecule has 3 N–H and O–H groups in total. The van der Waals surface area contributed by atoms with E-state index in [-0.39, 0.29) is 21.4 Å². The van der Waals surface area contributed by atoms with Crippen molar-refractivity contribution in [3.63, 3.8) is 0 Å². The number of nitrogen functional groups attached to an aromatic ring is 1. The average Bonchev–Trinajstić information content (AvgIpc) is 2.45. The second-order valence-corrected chi connectivity index (χ2v) is 5.02. The molecule has 0 spiro atoms. The summed E-state index contributed by atoms with van der Waals surface area (Å²) in [6.07, 6.45) is 0. The number of halogens is 3. The number of carbonyl (C=O) groups is 1. The normalized spacial score (nSPS) is 10.3. The zero-order valence-electron chi connectivity index (χ0n) is 10.9. The van der Waals surface area contributed by atoms with Crippen LogP contribution in [0.2, 0.25) is 0 Å². The van der Waals surface area contributed by atoms with E-state index in [1.54, 1.807) is 0 Å². The van der Waals surface area contributed by atoms with Crippen molar-refractivity contribution in [1.82, 2.24) is 0 Å². The van der Waals surface area contributed by atoms with Crippen LogP contribution in [0.5, 0.6) is 0 Å². The maximum Gasteiger partial charge on any atom is 0.337 e. The standard InChI is InChI=1S/C14H11BrF2N2O2/c1-21-14(20)7-2-3-12(11(18)4-7)19-13-5-8(15)9(16)6-10(13)17/h2-6,19H,18H2,1H3. The van der Waals surface area contributed by atoms with Gasteiger partial charge in [0.05, 0.1) is 34.2 Å². The topological polar surface area (TPSA) is 64.3 Å². The number of hydrogen-bond acceptors (Lipinski definition) is 4. The molecular formula is C14H11BrF2N2O2. The van der Waals surface area contributed by atoms with Crippen molar-refractivity contribution >= 4 is 39.0 Å². The summed E-state index contributed by atoms with van der Waals surface area (Å²) in [6, 6.07) is 6.42. The van der Waals surface area contributed by atoms with Gasteiger partial charge < -0.3 is 15.8 Å². The van der Waals surface area contributed by atoms with Crippen molar-refractivity contribution in [1.29, 1.82) is 0 Å². The monoisotopic (exact) mass is 356 g/mol. The third kappa shape index (κ3) is 3.30. The van der Waals surface area contributed by atoms with Gasteiger partial charge in [0.25, 0.3) is 0 Å². The van der Waals surface area contributed by atoms with Crippen molar-refractivity contribution in [2.45, 2.75) is 0 Å². The number of ether oxygens (including phenoxy) is 1. The number of methoxy groups -OCH3 is 1. The molecule has 0 unspecified atom stereocenters. The number of nitrogens with two attached hydrogens (primary N) is 1. The molecule has 0 heterocycles. The Labute approximate surface area is 128 Å². The summed E-state index contributed by atoms with van der Waals surface area (Å²) in [6.45, 7) is 0. The number of carbonyl (C=O) groups excluding carboxylic acids is 1. The van der Waals surface area contributed by atoms with E-state index >= 15 is 0 Å². The minimum atomic E-state index is -0.757. The Bertz CT molecular complexity index is 708. The third-order valence-electron chi connectivity index (χ3n) is 2.75. The highest BCUT2D eigenvalue weighted by Crippen LogP contribution is 2.29. The molecule has 21 heavy (non-hydrogen) atoms. The van der Waals surface area contributed by atoms with E-state index in [1.807, 2.05) is 0 Å². The van der Waals surface area contributed by atoms with E-state index in [2.05, 4.69) is 26.0 Å². The first kappa shape index (κ1) is 15.2. The van der Waals surface area contributed by atoms with Crippen LogP contribution in [-0.4, -0.2) is 13.1 Å². The number of benzene rings is 2. The first-order valence-electron chi connectivity index (χ1n) is 5.81. The fourth-order valence-electron chi connectivity index (χ4n) is 1.68. The number of anilines is 3. The van der Waals surface area contributed by atoms with Crippen molar-refractivity contribution in [3.05, 3.63) is 52.0 Å². The molecular weight excluding hydrogens is 346 g/mol. The van der Waals surface area contributed by atoms with E-state index < -0.39 is 17.6 Å². The second kappa shape index (κ2) is 6.09. The van der Waals surface area contributed by atoms with Crippen molar-refractivity contribution in [2.24, 2.45) is 0 Å². The number of nitrogens with one attached hydrogen (secondary N) is 1. The van der Waals surface area contributed by atoms with E-state index in [0.717, 1.165) is 6.07 Å². The van der Waals surface area contributed by atoms with Gasteiger partial charge in [-0.1, -0.05) is 0 Å². The zero-order chi connectivity index (χ0) is 15.6. The molecule has 110 valence electrons. The molecule has 2 rings (SSSR count). The summed E-state index contributed by atoms with van der Waals surface area (Å²) in [5.41, 5.74) is 6.76. The first-order chi connectivity index (χ1) is 9.92. The van der Waals surface area contributed by atoms with Gasteiger partial charge in [-0.15, -0.1) is 0 Å². The van der Waals surface area contributed by atoms with Crippen LogP contribution in [0.3, 0.4) is 0 Å². The van der Waals surface area contributed by atoms with Gasteiger partial charge in [-0.05, 0) is 40.2 Å². The Hall–Kier alpha value is -2.15. The molecule has 0 aliphatic carbocycles. The van der Waals surface area contributed by atoms with Crippen LogP contribution in [0.1, 0.15) is 10.4 Å². The molecule has 0 radical (unpaired) electrons. The molecule has 0 aliphatic rings. The highest BCUT2D eigenvalue weighted by molar-refractivity contribution is 9.10. The predicted octanol–water partition coefficient (Wildman–Crippen LogP) is 3.84. The fraction of sp³-hybridized carbons (Fsp3) is 0.0714. The van der Waals surface area contributed by atoms with Gasteiger partial charge in [0.1, 0.15) is 11.6 Å². The summed E-state index contributed by atoms with van der Waals surface area (Å²) >= 11 is 2.98. The highest BCUT2D eigenvalue weighted by atomic mass is 79.9. The molecule has 0 fully saturated rings. The minimum Gasteiger partial charge on any atom is -0.465 e. The summed E-state index contributed by atoms with van der Waals surface area (Å²) in [4.78, 5) is 11.4. The van der Waals surface area contributed by atoms with Crippen LogP contribution in [0.4, 0.5) is 25.8 Å². The SMILES string of the molecule is COC(=O)c1ccc(Nc2cc(Br)c(F)cc2F)c(N)c1. The minimum absolute atomic E-state index is 0.0563. The lowest BCUT2D eigenvalue weighted by Crippen LogP contribution is -2.04. The van der Waals surface area contributed by atoms with Gasteiger partial charge in [-0.3, -0.25) is 0 Å². The number of esters is 1. The molecule has 2 aromatic carbocycles. The Balaban J connectivity index is 2.32. The Morgan fingerprint density at radius 2 is 1.90 bits per heavy atom. The van der Waals surface area contributed by atoms with Gasteiger partial charge >= 0.3 is 5.97 Å². The quantitative estimate of drug-likeness (QED) is 0.498. The van der Waals surface area contributed by atoms with E-state index in [4.69, 9.17) is 5.73 Å². The molecule has 0 saturated heterocycles. The average molecular weight is 357 g/mol. The van der Waals surface area contributed by atoms with Gasteiger partial charge in [0.15, 0.2) is 0 Å². The predicted molar refractivity (Wildman–Crippen MR) is 79.5 cm³/mol. The first-order valence-corrected chi connectivity index (χ1v) is 6.61. The molecule has 0 atom stereocenters. The Morgan fingerprint density at radius 3 is 2.52 bits per heavy atom. The highest BCUT2D eigenvalue weighted by Gasteiger charge is 2.12. The Kier molecular flexibility index (Phi) is 4.42. The zero-order valence-corrected chi connectivity index (χ0v) is 12.5. The van der Waals surface area contributed by atoms with Crippen molar-refractivity contribution in [3.8, 4) is 0 Å². The lowest BCUT2D eigenvalue weighted by atomic mass is 10.1. The summed E-state index contributed by atoms with van der Waals surface area (Å²) < 4.78 is 31.5. The van der Waals surface area contributed by atoms with Crippen molar-refractivity contribution in [2.75, 3.05) is 18.2 Å². The maximum absolute atomic E-state index is 13.7.